The Kier molecular flexibility index (Phi) is 4.58. The number of carboxylic acid groups (broad SMARTS) is 1. The molecule has 4 nitrogen and oxygen atoms in total. The predicted octanol–water partition coefficient (Wildman–Crippen LogP) is 3.06. The molecule has 0 aliphatic carbocycles. The summed E-state index contributed by atoms with van der Waals surface area (Å²) < 4.78 is 0. The molecule has 0 aliphatic heterocycles. The second-order valence-corrected chi connectivity index (χ2v) is 3.57. The van der Waals surface area contributed by atoms with Crippen molar-refractivity contribution in [3.05, 3.63) is 33.3 Å². The van der Waals surface area contributed by atoms with Gasteiger partial charge in [0.2, 0.25) is 0 Å². The summed E-state index contributed by atoms with van der Waals surface area (Å²) in [5, 5.41) is 12.8. The Balaban J connectivity index is 3.16. The largest absolute Gasteiger partial charge is 0.478 e. The molecule has 1 aromatic carbocycles. The molecule has 0 saturated heterocycles. The lowest BCUT2D eigenvalue weighted by Crippen LogP contribution is -2.00. The van der Waals surface area contributed by atoms with E-state index in [4.69, 9.17) is 33.1 Å². The molecule has 0 radical (unpaired) electrons. The molecule has 0 saturated carbocycles. The Bertz CT molecular complexity index is 432. The minimum Gasteiger partial charge on any atom is -0.478 e. The molecular weight excluding hydrogens is 253 g/mol. The fourth-order valence-corrected chi connectivity index (χ4v) is 1.57. The average molecular weight is 262 g/mol. The Morgan fingerprint density at radius 3 is 2.81 bits per heavy atom. The minimum absolute atomic E-state index is 0.0241. The van der Waals surface area contributed by atoms with Crippen LogP contribution in [-0.4, -0.2) is 23.9 Å². The van der Waals surface area contributed by atoms with Crippen molar-refractivity contribution < 1.29 is 14.7 Å². The molecule has 0 fully saturated rings. The van der Waals surface area contributed by atoms with E-state index in [-0.39, 0.29) is 10.6 Å². The summed E-state index contributed by atoms with van der Waals surface area (Å²) in [7, 11) is 0. The van der Waals surface area contributed by atoms with E-state index >= 15 is 0 Å². The summed E-state index contributed by atoms with van der Waals surface area (Å²) in [6.45, 7) is 2.18. The number of nitrogens with zero attached hydrogens (tertiary/aromatic N) is 1. The first kappa shape index (κ1) is 12.8. The molecule has 0 bridgehead atoms. The van der Waals surface area contributed by atoms with Crippen LogP contribution >= 0.6 is 23.2 Å². The number of oxime groups is 1. The number of benzene rings is 1. The summed E-state index contributed by atoms with van der Waals surface area (Å²) in [6.07, 6.45) is 1.29. The summed E-state index contributed by atoms with van der Waals surface area (Å²) in [5.74, 6) is -1.12. The lowest BCUT2D eigenvalue weighted by atomic mass is 10.1. The Labute approximate surface area is 102 Å². The number of aromatic carboxylic acids is 1. The topological polar surface area (TPSA) is 58.9 Å². The van der Waals surface area contributed by atoms with Crippen LogP contribution in [0, 0.1) is 0 Å². The van der Waals surface area contributed by atoms with Gasteiger partial charge in [0, 0.05) is 5.56 Å². The van der Waals surface area contributed by atoms with Crippen LogP contribution in [0.1, 0.15) is 22.8 Å². The normalized spacial score (nSPS) is 10.7. The van der Waals surface area contributed by atoms with Crippen molar-refractivity contribution in [3.63, 3.8) is 0 Å². The smallest absolute Gasteiger partial charge is 0.337 e. The SMILES string of the molecule is CCON=Cc1c(Cl)ccc(C(=O)O)c1Cl. The molecule has 6 heteroatoms. The Hall–Kier alpha value is -1.26. The van der Waals surface area contributed by atoms with E-state index in [1.807, 2.05) is 0 Å². The maximum absolute atomic E-state index is 10.8. The monoisotopic (exact) mass is 261 g/mol. The molecule has 16 heavy (non-hydrogen) atoms. The molecule has 0 aliphatic rings. The highest BCUT2D eigenvalue weighted by Crippen LogP contribution is 2.26. The van der Waals surface area contributed by atoms with E-state index in [0.29, 0.717) is 17.2 Å². The maximum Gasteiger partial charge on any atom is 0.337 e. The number of hydrogen-bond donors (Lipinski definition) is 1. The van der Waals surface area contributed by atoms with Crippen LogP contribution in [0.3, 0.4) is 0 Å². The maximum atomic E-state index is 10.8. The fraction of sp³-hybridized carbons (Fsp3) is 0.200. The van der Waals surface area contributed by atoms with Crippen molar-refractivity contribution in [2.45, 2.75) is 6.92 Å². The number of rotatable bonds is 4. The lowest BCUT2D eigenvalue weighted by molar-refractivity contribution is 0.0697. The second-order valence-electron chi connectivity index (χ2n) is 2.78. The number of carboxylic acids is 1. The van der Waals surface area contributed by atoms with Gasteiger partial charge in [-0.2, -0.15) is 0 Å². The van der Waals surface area contributed by atoms with Gasteiger partial charge in [-0.1, -0.05) is 28.4 Å². The molecule has 0 heterocycles. The van der Waals surface area contributed by atoms with Crippen molar-refractivity contribution in [1.29, 1.82) is 0 Å². The lowest BCUT2D eigenvalue weighted by Gasteiger charge is -2.04. The highest BCUT2D eigenvalue weighted by atomic mass is 35.5. The van der Waals surface area contributed by atoms with E-state index in [1.165, 1.54) is 18.3 Å². The quantitative estimate of drug-likeness (QED) is 0.670. The zero-order valence-corrected chi connectivity index (χ0v) is 9.92. The van der Waals surface area contributed by atoms with E-state index in [1.54, 1.807) is 6.92 Å². The molecule has 0 amide bonds. The Morgan fingerprint density at radius 1 is 1.56 bits per heavy atom. The van der Waals surface area contributed by atoms with Crippen LogP contribution < -0.4 is 0 Å². The molecule has 1 aromatic rings. The molecule has 0 aromatic heterocycles. The molecule has 0 spiro atoms. The van der Waals surface area contributed by atoms with Gasteiger partial charge < -0.3 is 9.94 Å². The van der Waals surface area contributed by atoms with Gasteiger partial charge in [-0.15, -0.1) is 0 Å². The predicted molar refractivity (Wildman–Crippen MR) is 62.6 cm³/mol. The van der Waals surface area contributed by atoms with Gasteiger partial charge in [-0.25, -0.2) is 4.79 Å². The van der Waals surface area contributed by atoms with Crippen LogP contribution in [0.15, 0.2) is 17.3 Å². The summed E-state index contributed by atoms with van der Waals surface area (Å²) >= 11 is 11.7. The summed E-state index contributed by atoms with van der Waals surface area (Å²) in [5.41, 5.74) is 0.306. The minimum atomic E-state index is -1.12. The first-order chi connectivity index (χ1) is 7.57. The molecule has 1 N–H and O–H groups in total. The standard InChI is InChI=1S/C10H9Cl2NO3/c1-2-16-13-5-7-8(11)4-3-6(9(7)12)10(14)15/h3-5H,2H2,1H3,(H,14,15). The second kappa shape index (κ2) is 5.72. The number of carbonyl (C=O) groups is 1. The van der Waals surface area contributed by atoms with Crippen LogP contribution in [0.2, 0.25) is 10.0 Å². The average Bonchev–Trinajstić information content (AvgIpc) is 2.22. The third kappa shape index (κ3) is 2.87. The van der Waals surface area contributed by atoms with Crippen LogP contribution in [0.25, 0.3) is 0 Å². The molecule has 0 unspecified atom stereocenters. The molecular formula is C10H9Cl2NO3. The van der Waals surface area contributed by atoms with E-state index in [2.05, 4.69) is 5.16 Å². The molecule has 86 valence electrons. The van der Waals surface area contributed by atoms with Gasteiger partial charge in [-0.05, 0) is 19.1 Å². The van der Waals surface area contributed by atoms with Gasteiger partial charge in [0.15, 0.2) is 0 Å². The van der Waals surface area contributed by atoms with Crippen LogP contribution in [-0.2, 0) is 4.84 Å². The van der Waals surface area contributed by atoms with E-state index in [0.717, 1.165) is 0 Å². The van der Waals surface area contributed by atoms with Crippen molar-refractivity contribution >= 4 is 35.4 Å². The zero-order chi connectivity index (χ0) is 12.1. The van der Waals surface area contributed by atoms with Gasteiger partial charge in [0.05, 0.1) is 21.8 Å². The molecule has 0 atom stereocenters. The zero-order valence-electron chi connectivity index (χ0n) is 8.41. The summed E-state index contributed by atoms with van der Waals surface area (Å²) in [4.78, 5) is 15.6. The van der Waals surface area contributed by atoms with E-state index < -0.39 is 5.97 Å². The number of hydrogen-bond acceptors (Lipinski definition) is 3. The van der Waals surface area contributed by atoms with Crippen molar-refractivity contribution in [3.8, 4) is 0 Å². The van der Waals surface area contributed by atoms with Gasteiger partial charge in [0.1, 0.15) is 6.61 Å². The molecule has 1 rings (SSSR count). The Morgan fingerprint density at radius 2 is 2.25 bits per heavy atom. The number of halogens is 2. The highest BCUT2D eigenvalue weighted by molar-refractivity contribution is 6.40. The van der Waals surface area contributed by atoms with Crippen LogP contribution in [0.4, 0.5) is 0 Å². The summed E-state index contributed by atoms with van der Waals surface area (Å²) in [6, 6.07) is 2.79. The van der Waals surface area contributed by atoms with E-state index in [9.17, 15) is 4.79 Å². The van der Waals surface area contributed by atoms with Crippen molar-refractivity contribution in [2.75, 3.05) is 6.61 Å². The van der Waals surface area contributed by atoms with Gasteiger partial charge in [0.25, 0.3) is 0 Å². The first-order valence-corrected chi connectivity index (χ1v) is 5.20. The highest BCUT2D eigenvalue weighted by Gasteiger charge is 2.14. The van der Waals surface area contributed by atoms with Crippen molar-refractivity contribution in [2.24, 2.45) is 5.16 Å². The third-order valence-corrected chi connectivity index (χ3v) is 2.48. The van der Waals surface area contributed by atoms with Gasteiger partial charge >= 0.3 is 5.97 Å². The first-order valence-electron chi connectivity index (χ1n) is 4.44. The third-order valence-electron chi connectivity index (χ3n) is 1.74. The fourth-order valence-electron chi connectivity index (χ4n) is 1.02. The van der Waals surface area contributed by atoms with Crippen LogP contribution in [0.5, 0.6) is 0 Å². The van der Waals surface area contributed by atoms with Crippen molar-refractivity contribution in [1.82, 2.24) is 0 Å². The van der Waals surface area contributed by atoms with Gasteiger partial charge in [-0.3, -0.25) is 0 Å².